The lowest BCUT2D eigenvalue weighted by molar-refractivity contribution is 0.0975. The average molecular weight is 329 g/mol. The van der Waals surface area contributed by atoms with Crippen molar-refractivity contribution in [2.75, 3.05) is 19.3 Å². The first-order chi connectivity index (χ1) is 10.9. The predicted octanol–water partition coefficient (Wildman–Crippen LogP) is 2.20. The molecule has 2 atom stereocenters. The van der Waals surface area contributed by atoms with Crippen LogP contribution in [0.25, 0.3) is 0 Å². The van der Waals surface area contributed by atoms with Crippen LogP contribution in [-0.2, 0) is 16.3 Å². The van der Waals surface area contributed by atoms with E-state index < -0.39 is 9.84 Å². The summed E-state index contributed by atoms with van der Waals surface area (Å²) in [5.41, 5.74) is 1.84. The molecule has 2 unspecified atom stereocenters. The normalized spacial score (nSPS) is 20.2. The number of rotatable bonds is 6. The highest BCUT2D eigenvalue weighted by Gasteiger charge is 2.39. The second-order valence-electron chi connectivity index (χ2n) is 5.91. The van der Waals surface area contributed by atoms with Crippen molar-refractivity contribution in [3.05, 3.63) is 65.7 Å². The van der Waals surface area contributed by atoms with Crippen LogP contribution in [0.15, 0.2) is 59.5 Å². The number of hydrogen-bond donors (Lipinski definition) is 0. The van der Waals surface area contributed by atoms with Crippen LogP contribution in [0, 0.1) is 0 Å². The van der Waals surface area contributed by atoms with Gasteiger partial charge in [-0.1, -0.05) is 42.5 Å². The van der Waals surface area contributed by atoms with Gasteiger partial charge in [0.05, 0.1) is 10.9 Å². The number of hydrogen-bond acceptors (Lipinski definition) is 4. The molecule has 1 fully saturated rings. The molecule has 0 bridgehead atoms. The van der Waals surface area contributed by atoms with Crippen molar-refractivity contribution < 1.29 is 13.2 Å². The third-order valence-electron chi connectivity index (χ3n) is 4.11. The van der Waals surface area contributed by atoms with E-state index in [2.05, 4.69) is 17.0 Å². The smallest absolute Gasteiger partial charge is 0.181 e. The van der Waals surface area contributed by atoms with E-state index in [0.717, 1.165) is 25.8 Å². The number of Topliss-reactive ketones (excluding diaryl/α,β-unsaturated/α-hetero) is 1. The van der Waals surface area contributed by atoms with Gasteiger partial charge in [0.2, 0.25) is 0 Å². The Balaban J connectivity index is 1.58. The molecule has 2 aromatic carbocycles. The minimum absolute atomic E-state index is 0.0669. The molecule has 1 aliphatic rings. The number of nitrogens with zero attached hydrogens (tertiary/aromatic N) is 1. The molecule has 0 amide bonds. The van der Waals surface area contributed by atoms with Gasteiger partial charge in [-0.2, -0.15) is 0 Å². The van der Waals surface area contributed by atoms with Crippen LogP contribution in [0.3, 0.4) is 0 Å². The van der Waals surface area contributed by atoms with E-state index in [-0.39, 0.29) is 16.7 Å². The lowest BCUT2D eigenvalue weighted by atomic mass is 10.1. The monoisotopic (exact) mass is 329 g/mol. The Morgan fingerprint density at radius 3 is 2.35 bits per heavy atom. The molecule has 0 spiro atoms. The number of ketones is 1. The fraction of sp³-hybridized carbons (Fsp3) is 0.278. The summed E-state index contributed by atoms with van der Waals surface area (Å²) in [4.78, 5) is 14.8. The van der Waals surface area contributed by atoms with Crippen LogP contribution in [0.4, 0.5) is 0 Å². The van der Waals surface area contributed by atoms with Gasteiger partial charge in [-0.05, 0) is 24.1 Å². The lowest BCUT2D eigenvalue weighted by Crippen LogP contribution is -2.15. The van der Waals surface area contributed by atoms with Crippen molar-refractivity contribution in [2.24, 2.45) is 0 Å². The Morgan fingerprint density at radius 1 is 1.09 bits per heavy atom. The summed E-state index contributed by atoms with van der Waals surface area (Å²) >= 11 is 0. The molecule has 0 saturated carbocycles. The van der Waals surface area contributed by atoms with Gasteiger partial charge in [-0.15, -0.1) is 0 Å². The number of benzene rings is 2. The van der Waals surface area contributed by atoms with Crippen LogP contribution >= 0.6 is 0 Å². The maximum atomic E-state index is 12.4. The molecule has 0 aliphatic carbocycles. The molecule has 2 aromatic rings. The Bertz CT molecular complexity index is 798. The summed E-state index contributed by atoms with van der Waals surface area (Å²) in [5.74, 6) is 0.0677. The van der Waals surface area contributed by atoms with Crippen molar-refractivity contribution in [1.29, 1.82) is 0 Å². The van der Waals surface area contributed by atoms with E-state index >= 15 is 0 Å². The maximum Gasteiger partial charge on any atom is 0.181 e. The second kappa shape index (κ2) is 6.26. The molecule has 120 valence electrons. The fourth-order valence-corrected chi connectivity index (χ4v) is 3.28. The summed E-state index contributed by atoms with van der Waals surface area (Å²) < 4.78 is 22.9. The van der Waals surface area contributed by atoms with Crippen LogP contribution in [0.5, 0.6) is 0 Å². The van der Waals surface area contributed by atoms with Gasteiger partial charge in [0.25, 0.3) is 0 Å². The maximum absolute atomic E-state index is 12.4. The van der Waals surface area contributed by atoms with Crippen molar-refractivity contribution >= 4 is 15.6 Å². The van der Waals surface area contributed by atoms with Gasteiger partial charge < -0.3 is 0 Å². The van der Waals surface area contributed by atoms with Crippen LogP contribution in [0.2, 0.25) is 0 Å². The van der Waals surface area contributed by atoms with Gasteiger partial charge in [-0.25, -0.2) is 8.42 Å². The first kappa shape index (κ1) is 15.9. The molecule has 1 aliphatic heterocycles. The zero-order valence-electron chi connectivity index (χ0n) is 13.0. The van der Waals surface area contributed by atoms with Gasteiger partial charge in [0, 0.05) is 24.9 Å². The molecule has 0 aromatic heterocycles. The molecule has 23 heavy (non-hydrogen) atoms. The first-order valence-corrected chi connectivity index (χ1v) is 9.46. The summed E-state index contributed by atoms with van der Waals surface area (Å²) in [6, 6.07) is 16.3. The Labute approximate surface area is 136 Å². The second-order valence-corrected chi connectivity index (χ2v) is 7.92. The molecule has 4 nitrogen and oxygen atoms in total. The van der Waals surface area contributed by atoms with Crippen molar-refractivity contribution in [3.63, 3.8) is 0 Å². The van der Waals surface area contributed by atoms with Crippen molar-refractivity contribution in [1.82, 2.24) is 4.90 Å². The Hall–Kier alpha value is -1.98. The van der Waals surface area contributed by atoms with E-state index in [9.17, 15) is 13.2 Å². The van der Waals surface area contributed by atoms with Crippen LogP contribution < -0.4 is 0 Å². The minimum atomic E-state index is -3.22. The largest absolute Gasteiger partial charge is 0.292 e. The molecule has 1 saturated heterocycles. The van der Waals surface area contributed by atoms with E-state index in [1.165, 1.54) is 17.7 Å². The zero-order chi connectivity index (χ0) is 16.4. The van der Waals surface area contributed by atoms with Crippen molar-refractivity contribution in [3.8, 4) is 0 Å². The Morgan fingerprint density at radius 2 is 1.74 bits per heavy atom. The van der Waals surface area contributed by atoms with E-state index in [1.54, 1.807) is 12.1 Å². The predicted molar refractivity (Wildman–Crippen MR) is 89.4 cm³/mol. The summed E-state index contributed by atoms with van der Waals surface area (Å²) in [6.07, 6.45) is 2.09. The highest BCUT2D eigenvalue weighted by Crippen LogP contribution is 2.23. The van der Waals surface area contributed by atoms with E-state index in [1.807, 2.05) is 18.2 Å². The number of carbonyl (C=O) groups is 1. The summed E-state index contributed by atoms with van der Waals surface area (Å²) in [6.45, 7) is 1.64. The van der Waals surface area contributed by atoms with Crippen molar-refractivity contribution in [2.45, 2.75) is 17.4 Å². The van der Waals surface area contributed by atoms with Crippen LogP contribution in [-0.4, -0.2) is 44.5 Å². The molecular weight excluding hydrogens is 310 g/mol. The molecule has 3 rings (SSSR count). The van der Waals surface area contributed by atoms with Gasteiger partial charge >= 0.3 is 0 Å². The van der Waals surface area contributed by atoms with Gasteiger partial charge in [0.15, 0.2) is 15.6 Å². The van der Waals surface area contributed by atoms with Crippen LogP contribution in [0.1, 0.15) is 15.9 Å². The minimum Gasteiger partial charge on any atom is -0.292 e. The quantitative estimate of drug-likeness (QED) is 0.602. The SMILES string of the molecule is CS(=O)(=O)c1ccc(C(=O)C2CN2CCc2ccccc2)cc1. The van der Waals surface area contributed by atoms with Gasteiger partial charge in [0.1, 0.15) is 0 Å². The number of sulfone groups is 1. The topological polar surface area (TPSA) is 54.2 Å². The third kappa shape index (κ3) is 3.86. The molecule has 1 heterocycles. The molecule has 5 heteroatoms. The molecule has 0 N–H and O–H groups in total. The molecule has 0 radical (unpaired) electrons. The zero-order valence-corrected chi connectivity index (χ0v) is 13.8. The average Bonchev–Trinajstić information content (AvgIpc) is 3.32. The summed E-state index contributed by atoms with van der Waals surface area (Å²) in [7, 11) is -3.22. The van der Waals surface area contributed by atoms with E-state index in [4.69, 9.17) is 0 Å². The van der Waals surface area contributed by atoms with Gasteiger partial charge in [-0.3, -0.25) is 9.69 Å². The highest BCUT2D eigenvalue weighted by atomic mass is 32.2. The fourth-order valence-electron chi connectivity index (χ4n) is 2.65. The number of carbonyl (C=O) groups excluding carboxylic acids is 1. The first-order valence-electron chi connectivity index (χ1n) is 7.57. The summed E-state index contributed by atoms with van der Waals surface area (Å²) in [5, 5.41) is 0. The standard InChI is InChI=1S/C18H19NO3S/c1-23(21,22)16-9-7-15(8-10-16)18(20)17-13-19(17)12-11-14-5-3-2-4-6-14/h2-10,17H,11-13H2,1H3. The lowest BCUT2D eigenvalue weighted by Gasteiger charge is -2.05. The third-order valence-corrected chi connectivity index (χ3v) is 5.24. The highest BCUT2D eigenvalue weighted by molar-refractivity contribution is 7.90. The Kier molecular flexibility index (Phi) is 4.33. The van der Waals surface area contributed by atoms with E-state index in [0.29, 0.717) is 5.56 Å². The molecular formula is C18H19NO3S.